The van der Waals surface area contributed by atoms with Gasteiger partial charge in [-0.2, -0.15) is 10.2 Å². The first-order chi connectivity index (χ1) is 9.78. The Morgan fingerprint density at radius 2 is 1.85 bits per heavy atom. The second kappa shape index (κ2) is 5.25. The molecule has 0 saturated carbocycles. The quantitative estimate of drug-likeness (QED) is 0.837. The molecule has 0 saturated heterocycles. The van der Waals surface area contributed by atoms with Gasteiger partial charge in [0.25, 0.3) is 5.91 Å². The molecule has 1 heterocycles. The number of aryl methyl sites for hydroxylation is 1. The summed E-state index contributed by atoms with van der Waals surface area (Å²) in [6.45, 7) is 2.11. The molecule has 1 unspecified atom stereocenters. The number of hydrogen-bond donors (Lipinski definition) is 1. The van der Waals surface area contributed by atoms with Crippen LogP contribution in [-0.4, -0.2) is 5.91 Å². The fraction of sp³-hybridized carbons (Fsp3) is 0.188. The smallest absolute Gasteiger partial charge is 0.255 e. The lowest BCUT2D eigenvalue weighted by molar-refractivity contribution is -0.116. The molecule has 2 aromatic rings. The summed E-state index contributed by atoms with van der Waals surface area (Å²) in [7, 11) is 0. The van der Waals surface area contributed by atoms with Crippen LogP contribution in [0, 0.1) is 0 Å². The summed E-state index contributed by atoms with van der Waals surface area (Å²) in [4.78, 5) is 11.9. The number of nitrogens with zero attached hydrogens (tertiary/aromatic N) is 2. The molecule has 0 aliphatic carbocycles. The molecule has 0 spiro atoms. The van der Waals surface area contributed by atoms with Crippen molar-refractivity contribution in [3.05, 3.63) is 59.7 Å². The SMILES string of the molecule is CCc1ccc(N=NC2C(=O)Nc3ccccc32)cc1. The number of carbonyl (C=O) groups excluding carboxylic acids is 1. The van der Waals surface area contributed by atoms with Gasteiger partial charge in [0.05, 0.1) is 5.69 Å². The zero-order valence-corrected chi connectivity index (χ0v) is 11.2. The van der Waals surface area contributed by atoms with E-state index in [0.717, 1.165) is 23.4 Å². The van der Waals surface area contributed by atoms with Crippen LogP contribution in [0.3, 0.4) is 0 Å². The number of amides is 1. The van der Waals surface area contributed by atoms with Gasteiger partial charge in [0, 0.05) is 11.3 Å². The highest BCUT2D eigenvalue weighted by Gasteiger charge is 2.29. The fourth-order valence-corrected chi connectivity index (χ4v) is 2.23. The van der Waals surface area contributed by atoms with Crippen LogP contribution in [0.25, 0.3) is 0 Å². The fourth-order valence-electron chi connectivity index (χ4n) is 2.23. The van der Waals surface area contributed by atoms with Crippen LogP contribution in [0.4, 0.5) is 11.4 Å². The number of azo groups is 1. The van der Waals surface area contributed by atoms with Crippen molar-refractivity contribution in [3.8, 4) is 0 Å². The minimum Gasteiger partial charge on any atom is -0.324 e. The Labute approximate surface area is 117 Å². The predicted octanol–water partition coefficient (Wildman–Crippen LogP) is 4.03. The summed E-state index contributed by atoms with van der Waals surface area (Å²) >= 11 is 0. The largest absolute Gasteiger partial charge is 0.324 e. The molecule has 1 amide bonds. The first-order valence-corrected chi connectivity index (χ1v) is 6.67. The third-order valence-corrected chi connectivity index (χ3v) is 3.39. The summed E-state index contributed by atoms with van der Waals surface area (Å²) in [6.07, 6.45) is 0.996. The standard InChI is InChI=1S/C16H15N3O/c1-2-11-7-9-12(10-8-11)18-19-15-13-5-3-4-6-14(13)17-16(15)20/h3-10,15H,2H2,1H3,(H,17,20). The maximum Gasteiger partial charge on any atom is 0.255 e. The van der Waals surface area contributed by atoms with E-state index in [1.54, 1.807) is 0 Å². The Balaban J connectivity index is 1.83. The number of benzene rings is 2. The molecule has 0 bridgehead atoms. The van der Waals surface area contributed by atoms with Gasteiger partial charge in [0.2, 0.25) is 0 Å². The first-order valence-electron chi connectivity index (χ1n) is 6.67. The minimum atomic E-state index is -0.544. The highest BCUT2D eigenvalue weighted by atomic mass is 16.2. The van der Waals surface area contributed by atoms with Gasteiger partial charge in [-0.25, -0.2) is 0 Å². The van der Waals surface area contributed by atoms with Gasteiger partial charge in [-0.3, -0.25) is 4.79 Å². The molecule has 1 aliphatic rings. The number of nitrogens with one attached hydrogen (secondary N) is 1. The summed E-state index contributed by atoms with van der Waals surface area (Å²) in [6, 6.07) is 14.9. The van der Waals surface area contributed by atoms with E-state index < -0.39 is 6.04 Å². The van der Waals surface area contributed by atoms with Gasteiger partial charge in [0.1, 0.15) is 0 Å². The van der Waals surface area contributed by atoms with Crippen LogP contribution in [-0.2, 0) is 11.2 Å². The Morgan fingerprint density at radius 1 is 1.10 bits per heavy atom. The van der Waals surface area contributed by atoms with E-state index in [9.17, 15) is 4.79 Å². The lowest BCUT2D eigenvalue weighted by Gasteiger charge is -2.01. The molecule has 20 heavy (non-hydrogen) atoms. The third kappa shape index (κ3) is 2.32. The summed E-state index contributed by atoms with van der Waals surface area (Å²) in [5, 5.41) is 11.2. The molecule has 0 radical (unpaired) electrons. The van der Waals surface area contributed by atoms with Gasteiger partial charge in [-0.05, 0) is 30.2 Å². The molecular weight excluding hydrogens is 250 g/mol. The van der Waals surface area contributed by atoms with E-state index in [0.29, 0.717) is 0 Å². The molecule has 1 aliphatic heterocycles. The molecule has 2 aromatic carbocycles. The first kappa shape index (κ1) is 12.5. The van der Waals surface area contributed by atoms with Crippen LogP contribution in [0.2, 0.25) is 0 Å². The van der Waals surface area contributed by atoms with Crippen molar-refractivity contribution in [2.75, 3.05) is 5.32 Å². The topological polar surface area (TPSA) is 53.8 Å². The zero-order chi connectivity index (χ0) is 13.9. The van der Waals surface area contributed by atoms with Gasteiger partial charge in [0.15, 0.2) is 6.04 Å². The Hall–Kier alpha value is -2.49. The van der Waals surface area contributed by atoms with Crippen LogP contribution < -0.4 is 5.32 Å². The van der Waals surface area contributed by atoms with E-state index >= 15 is 0 Å². The number of anilines is 1. The van der Waals surface area contributed by atoms with Crippen molar-refractivity contribution >= 4 is 17.3 Å². The monoisotopic (exact) mass is 265 g/mol. The van der Waals surface area contributed by atoms with Gasteiger partial charge in [-0.1, -0.05) is 37.3 Å². The average molecular weight is 265 g/mol. The lowest BCUT2D eigenvalue weighted by Crippen LogP contribution is -2.09. The van der Waals surface area contributed by atoms with Gasteiger partial charge in [-0.15, -0.1) is 0 Å². The van der Waals surface area contributed by atoms with E-state index in [4.69, 9.17) is 0 Å². The second-order valence-electron chi connectivity index (χ2n) is 4.71. The van der Waals surface area contributed by atoms with Crippen LogP contribution in [0.1, 0.15) is 24.1 Å². The van der Waals surface area contributed by atoms with Crippen LogP contribution >= 0.6 is 0 Å². The van der Waals surface area contributed by atoms with E-state index in [1.165, 1.54) is 5.56 Å². The summed E-state index contributed by atoms with van der Waals surface area (Å²) in [5.74, 6) is -0.125. The highest BCUT2D eigenvalue weighted by Crippen LogP contribution is 2.33. The van der Waals surface area contributed by atoms with Crippen molar-refractivity contribution in [1.29, 1.82) is 0 Å². The van der Waals surface area contributed by atoms with Crippen molar-refractivity contribution in [2.45, 2.75) is 19.4 Å². The summed E-state index contributed by atoms with van der Waals surface area (Å²) < 4.78 is 0. The second-order valence-corrected chi connectivity index (χ2v) is 4.71. The van der Waals surface area contributed by atoms with Gasteiger partial charge < -0.3 is 5.32 Å². The molecule has 100 valence electrons. The maximum atomic E-state index is 11.9. The number of hydrogen-bond acceptors (Lipinski definition) is 3. The number of fused-ring (bicyclic) bond motifs is 1. The Kier molecular flexibility index (Phi) is 3.29. The van der Waals surface area contributed by atoms with E-state index in [2.05, 4.69) is 22.5 Å². The normalized spacial score (nSPS) is 17.2. The minimum absolute atomic E-state index is 0.125. The molecule has 1 atom stereocenters. The molecule has 0 aromatic heterocycles. The van der Waals surface area contributed by atoms with Gasteiger partial charge >= 0.3 is 0 Å². The van der Waals surface area contributed by atoms with Crippen LogP contribution in [0.5, 0.6) is 0 Å². The van der Waals surface area contributed by atoms with E-state index in [-0.39, 0.29) is 5.91 Å². The van der Waals surface area contributed by atoms with E-state index in [1.807, 2.05) is 48.5 Å². The zero-order valence-electron chi connectivity index (χ0n) is 11.2. The van der Waals surface area contributed by atoms with Crippen molar-refractivity contribution in [3.63, 3.8) is 0 Å². The highest BCUT2D eigenvalue weighted by molar-refractivity contribution is 6.02. The molecular formula is C16H15N3O. The summed E-state index contributed by atoms with van der Waals surface area (Å²) in [5.41, 5.74) is 3.72. The molecule has 0 fully saturated rings. The molecule has 4 nitrogen and oxygen atoms in total. The lowest BCUT2D eigenvalue weighted by atomic mass is 10.1. The average Bonchev–Trinajstić information content (AvgIpc) is 2.81. The Morgan fingerprint density at radius 3 is 2.60 bits per heavy atom. The number of rotatable bonds is 3. The third-order valence-electron chi connectivity index (χ3n) is 3.39. The molecule has 4 heteroatoms. The predicted molar refractivity (Wildman–Crippen MR) is 78.1 cm³/mol. The van der Waals surface area contributed by atoms with Crippen LogP contribution in [0.15, 0.2) is 58.8 Å². The van der Waals surface area contributed by atoms with Crippen molar-refractivity contribution in [2.24, 2.45) is 10.2 Å². The Bertz CT molecular complexity index is 662. The molecule has 3 rings (SSSR count). The number of para-hydroxylation sites is 1. The maximum absolute atomic E-state index is 11.9. The number of carbonyl (C=O) groups is 1. The van der Waals surface area contributed by atoms with Crippen molar-refractivity contribution < 1.29 is 4.79 Å². The molecule has 1 N–H and O–H groups in total. The van der Waals surface area contributed by atoms with Crippen molar-refractivity contribution in [1.82, 2.24) is 0 Å².